The van der Waals surface area contributed by atoms with Gasteiger partial charge in [-0.2, -0.15) is 0 Å². The topological polar surface area (TPSA) is 99.8 Å². The molecule has 2 aromatic rings. The molecule has 1 aromatic heterocycles. The van der Waals surface area contributed by atoms with Crippen LogP contribution in [0.25, 0.3) is 0 Å². The Morgan fingerprint density at radius 2 is 1.81 bits per heavy atom. The summed E-state index contributed by atoms with van der Waals surface area (Å²) in [6, 6.07) is 12.1. The molecule has 21 heavy (non-hydrogen) atoms. The van der Waals surface area contributed by atoms with Crippen molar-refractivity contribution in [1.82, 2.24) is 5.32 Å². The van der Waals surface area contributed by atoms with Crippen LogP contribution in [0.3, 0.4) is 0 Å². The highest BCUT2D eigenvalue weighted by atomic mass is 79.9. The summed E-state index contributed by atoms with van der Waals surface area (Å²) in [4.78, 5) is 18.2. The third-order valence-corrected chi connectivity index (χ3v) is 2.77. The van der Waals surface area contributed by atoms with E-state index in [0.717, 1.165) is 23.3 Å². The summed E-state index contributed by atoms with van der Waals surface area (Å²) in [6.45, 7) is 1.61. The largest absolute Gasteiger partial charge is 0.473 e. The molecule has 3 N–H and O–H groups in total. The zero-order valence-corrected chi connectivity index (χ0v) is 12.5. The van der Waals surface area contributed by atoms with Crippen LogP contribution in [0, 0.1) is 0 Å². The second-order valence-electron chi connectivity index (χ2n) is 3.92. The van der Waals surface area contributed by atoms with Gasteiger partial charge in [-0.05, 0) is 29.8 Å². The van der Waals surface area contributed by atoms with Crippen molar-refractivity contribution < 1.29 is 24.2 Å². The molecule has 2 rings (SSSR count). The fraction of sp³-hybridized carbons (Fsp3) is 0.143. The number of carboxylic acid groups (broad SMARTS) is 2. The van der Waals surface area contributed by atoms with Crippen LogP contribution in [-0.4, -0.2) is 22.2 Å². The van der Waals surface area contributed by atoms with Crippen LogP contribution < -0.4 is 5.32 Å². The van der Waals surface area contributed by atoms with E-state index < -0.39 is 11.9 Å². The van der Waals surface area contributed by atoms with Gasteiger partial charge in [0.05, 0.1) is 12.8 Å². The molecule has 6 nitrogen and oxygen atoms in total. The summed E-state index contributed by atoms with van der Waals surface area (Å²) in [6.07, 6.45) is 1.69. The summed E-state index contributed by atoms with van der Waals surface area (Å²) < 4.78 is 6.33. The standard InChI is InChI=1S/C12H12BrNO.C2H2O4/c13-11-4-1-3-10(7-11)8-14-9-12-5-2-6-15-12;3-1(4)2(5)6/h1-7,14H,8-9H2;(H,3,4)(H,5,6). The quantitative estimate of drug-likeness (QED) is 0.728. The SMILES string of the molecule is Brc1cccc(CNCc2ccco2)c1.O=C(O)C(=O)O. The highest BCUT2D eigenvalue weighted by Crippen LogP contribution is 2.11. The molecule has 0 spiro atoms. The maximum atomic E-state index is 9.10. The molecule has 1 heterocycles. The number of furan rings is 1. The van der Waals surface area contributed by atoms with E-state index in [0.29, 0.717) is 0 Å². The van der Waals surface area contributed by atoms with Crippen LogP contribution in [0.2, 0.25) is 0 Å². The smallest absolute Gasteiger partial charge is 0.414 e. The molecule has 0 fully saturated rings. The molecule has 7 heteroatoms. The van der Waals surface area contributed by atoms with Gasteiger partial charge in [0.15, 0.2) is 0 Å². The molecule has 0 saturated heterocycles. The van der Waals surface area contributed by atoms with Crippen LogP contribution in [0.15, 0.2) is 51.6 Å². The summed E-state index contributed by atoms with van der Waals surface area (Å²) in [5.41, 5.74) is 1.26. The minimum absolute atomic E-state index is 0.763. The van der Waals surface area contributed by atoms with Gasteiger partial charge in [0.25, 0.3) is 0 Å². The molecule has 0 unspecified atom stereocenters. The van der Waals surface area contributed by atoms with E-state index in [-0.39, 0.29) is 0 Å². The molecule has 0 aliphatic carbocycles. The lowest BCUT2D eigenvalue weighted by molar-refractivity contribution is -0.159. The van der Waals surface area contributed by atoms with E-state index in [4.69, 9.17) is 24.2 Å². The van der Waals surface area contributed by atoms with Crippen LogP contribution >= 0.6 is 15.9 Å². The molecule has 0 atom stereocenters. The minimum atomic E-state index is -1.82. The number of carbonyl (C=O) groups is 2. The summed E-state index contributed by atoms with van der Waals surface area (Å²) in [5.74, 6) is -2.69. The van der Waals surface area contributed by atoms with Gasteiger partial charge in [-0.15, -0.1) is 0 Å². The van der Waals surface area contributed by atoms with Gasteiger partial charge in [-0.25, -0.2) is 9.59 Å². The number of benzene rings is 1. The number of carboxylic acids is 2. The van der Waals surface area contributed by atoms with Crippen molar-refractivity contribution in [1.29, 1.82) is 0 Å². The molecular weight excluding hydrogens is 342 g/mol. The van der Waals surface area contributed by atoms with E-state index in [1.165, 1.54) is 5.56 Å². The number of nitrogens with one attached hydrogen (secondary N) is 1. The third-order valence-electron chi connectivity index (χ3n) is 2.28. The molecule has 0 radical (unpaired) electrons. The summed E-state index contributed by atoms with van der Waals surface area (Å²) >= 11 is 3.45. The highest BCUT2D eigenvalue weighted by Gasteiger charge is 2.04. The van der Waals surface area contributed by atoms with Gasteiger partial charge in [0.2, 0.25) is 0 Å². The first-order valence-electron chi connectivity index (χ1n) is 5.93. The first-order chi connectivity index (χ1) is 9.99. The van der Waals surface area contributed by atoms with Gasteiger partial charge >= 0.3 is 11.9 Å². The van der Waals surface area contributed by atoms with E-state index in [2.05, 4.69) is 33.4 Å². The Morgan fingerprint density at radius 1 is 1.10 bits per heavy atom. The third kappa shape index (κ3) is 7.28. The highest BCUT2D eigenvalue weighted by molar-refractivity contribution is 9.10. The molecule has 1 aromatic carbocycles. The molecule has 0 aliphatic heterocycles. The predicted octanol–water partition coefficient (Wildman–Crippen LogP) is 2.49. The van der Waals surface area contributed by atoms with Crippen molar-refractivity contribution in [2.45, 2.75) is 13.1 Å². The van der Waals surface area contributed by atoms with Crippen LogP contribution in [0.1, 0.15) is 11.3 Å². The van der Waals surface area contributed by atoms with E-state index in [9.17, 15) is 0 Å². The Kier molecular flexibility index (Phi) is 7.20. The molecule has 112 valence electrons. The van der Waals surface area contributed by atoms with Gasteiger partial charge in [0.1, 0.15) is 5.76 Å². The fourth-order valence-electron chi connectivity index (χ4n) is 1.39. The summed E-state index contributed by atoms with van der Waals surface area (Å²) in [7, 11) is 0. The fourth-order valence-corrected chi connectivity index (χ4v) is 1.84. The number of aliphatic carboxylic acids is 2. The molecular formula is C14H14BrNO5. The second-order valence-corrected chi connectivity index (χ2v) is 4.84. The van der Waals surface area contributed by atoms with Gasteiger partial charge < -0.3 is 19.9 Å². The van der Waals surface area contributed by atoms with Crippen LogP contribution in [0.4, 0.5) is 0 Å². The Labute approximate surface area is 129 Å². The average Bonchev–Trinajstić information content (AvgIpc) is 2.92. The average molecular weight is 356 g/mol. The van der Waals surface area contributed by atoms with E-state index in [1.807, 2.05) is 24.3 Å². The zero-order valence-electron chi connectivity index (χ0n) is 11.0. The lowest BCUT2D eigenvalue weighted by Crippen LogP contribution is -2.11. The Morgan fingerprint density at radius 3 is 2.33 bits per heavy atom. The van der Waals surface area contributed by atoms with Crippen LogP contribution in [-0.2, 0) is 22.7 Å². The van der Waals surface area contributed by atoms with Crippen molar-refractivity contribution in [3.05, 3.63) is 58.5 Å². The lowest BCUT2D eigenvalue weighted by Gasteiger charge is -2.03. The van der Waals surface area contributed by atoms with E-state index >= 15 is 0 Å². The summed E-state index contributed by atoms with van der Waals surface area (Å²) in [5, 5.41) is 18.1. The van der Waals surface area contributed by atoms with E-state index in [1.54, 1.807) is 6.26 Å². The predicted molar refractivity (Wildman–Crippen MR) is 78.7 cm³/mol. The number of halogens is 1. The van der Waals surface area contributed by atoms with Crippen molar-refractivity contribution in [2.75, 3.05) is 0 Å². The van der Waals surface area contributed by atoms with Crippen molar-refractivity contribution in [3.63, 3.8) is 0 Å². The van der Waals surface area contributed by atoms with Gasteiger partial charge in [-0.3, -0.25) is 0 Å². The maximum Gasteiger partial charge on any atom is 0.414 e. The van der Waals surface area contributed by atoms with Gasteiger partial charge in [0, 0.05) is 11.0 Å². The number of hydrogen-bond acceptors (Lipinski definition) is 4. The molecule has 0 amide bonds. The van der Waals surface area contributed by atoms with Gasteiger partial charge in [-0.1, -0.05) is 28.1 Å². The van der Waals surface area contributed by atoms with Crippen LogP contribution in [0.5, 0.6) is 0 Å². The monoisotopic (exact) mass is 355 g/mol. The number of hydrogen-bond donors (Lipinski definition) is 3. The van der Waals surface area contributed by atoms with Crippen molar-refractivity contribution in [3.8, 4) is 0 Å². The Balaban J connectivity index is 0.000000315. The molecule has 0 aliphatic rings. The molecule has 0 saturated carbocycles. The Hall–Kier alpha value is -2.12. The zero-order chi connectivity index (χ0) is 15.7. The number of rotatable bonds is 4. The minimum Gasteiger partial charge on any atom is -0.473 e. The second kappa shape index (κ2) is 8.93. The van der Waals surface area contributed by atoms with Crippen molar-refractivity contribution >= 4 is 27.9 Å². The normalized spacial score (nSPS) is 9.57. The first-order valence-corrected chi connectivity index (χ1v) is 6.72. The Bertz CT molecular complexity index is 571. The first kappa shape index (κ1) is 16.9. The maximum absolute atomic E-state index is 9.10. The lowest BCUT2D eigenvalue weighted by atomic mass is 10.2. The molecule has 0 bridgehead atoms. The van der Waals surface area contributed by atoms with Crippen molar-refractivity contribution in [2.24, 2.45) is 0 Å².